The molecule has 0 bridgehead atoms. The predicted molar refractivity (Wildman–Crippen MR) is 119 cm³/mol. The maximum Gasteiger partial charge on any atom is 0.329 e. The Balaban J connectivity index is 2.02. The van der Waals surface area contributed by atoms with Gasteiger partial charge in [0.15, 0.2) is 0 Å². The van der Waals surface area contributed by atoms with Crippen molar-refractivity contribution in [2.45, 2.75) is 17.4 Å². The molecular formula is C23H22FN3O4S. The molecule has 3 rings (SSSR count). The van der Waals surface area contributed by atoms with Crippen LogP contribution in [0.1, 0.15) is 18.0 Å². The van der Waals surface area contributed by atoms with Crippen LogP contribution in [0.25, 0.3) is 0 Å². The summed E-state index contributed by atoms with van der Waals surface area (Å²) in [5.74, 6) is -0.939. The van der Waals surface area contributed by atoms with E-state index in [-0.39, 0.29) is 11.3 Å². The minimum Gasteiger partial charge on any atom is -0.351 e. The number of urea groups is 1. The predicted octanol–water partition coefficient (Wildman–Crippen LogP) is 3.69. The molecule has 0 saturated carbocycles. The van der Waals surface area contributed by atoms with Gasteiger partial charge < -0.3 is 10.6 Å². The van der Waals surface area contributed by atoms with Gasteiger partial charge in [-0.25, -0.2) is 21.9 Å². The third-order valence-electron chi connectivity index (χ3n) is 4.94. The Morgan fingerprint density at radius 3 is 1.97 bits per heavy atom. The molecule has 0 fully saturated rings. The summed E-state index contributed by atoms with van der Waals surface area (Å²) in [6.45, 7) is 0. The molecule has 0 aliphatic carbocycles. The van der Waals surface area contributed by atoms with Crippen LogP contribution in [-0.4, -0.2) is 31.7 Å². The van der Waals surface area contributed by atoms with Gasteiger partial charge in [-0.15, -0.1) is 0 Å². The Hall–Kier alpha value is -3.72. The summed E-state index contributed by atoms with van der Waals surface area (Å²) in [5, 5.41) is 0. The van der Waals surface area contributed by atoms with Crippen molar-refractivity contribution in [3.8, 4) is 0 Å². The highest BCUT2D eigenvalue weighted by Crippen LogP contribution is 2.31. The van der Waals surface area contributed by atoms with Crippen LogP contribution in [-0.2, 0) is 14.8 Å². The number of halogens is 1. The van der Waals surface area contributed by atoms with Gasteiger partial charge in [0.05, 0.1) is 17.4 Å². The Morgan fingerprint density at radius 1 is 0.906 bits per heavy atom. The molecule has 0 unspecified atom stereocenters. The van der Waals surface area contributed by atoms with Gasteiger partial charge in [0.25, 0.3) is 10.0 Å². The van der Waals surface area contributed by atoms with E-state index in [1.54, 1.807) is 36.4 Å². The van der Waals surface area contributed by atoms with E-state index >= 15 is 0 Å². The third kappa shape index (κ3) is 4.94. The lowest BCUT2D eigenvalue weighted by molar-refractivity contribution is -0.119. The first kappa shape index (κ1) is 23.0. The van der Waals surface area contributed by atoms with Crippen molar-refractivity contribution < 1.29 is 22.4 Å². The van der Waals surface area contributed by atoms with Crippen molar-refractivity contribution >= 4 is 27.6 Å². The highest BCUT2D eigenvalue weighted by molar-refractivity contribution is 7.89. The van der Waals surface area contributed by atoms with Gasteiger partial charge in [0, 0.05) is 12.7 Å². The number of benzene rings is 3. The molecule has 3 amide bonds. The number of rotatable bonds is 7. The van der Waals surface area contributed by atoms with Gasteiger partial charge in [0.1, 0.15) is 5.82 Å². The summed E-state index contributed by atoms with van der Waals surface area (Å²) < 4.78 is 40.4. The standard InChI is InChI=1S/C23H22FN3O4S/c1-26(19-14-12-18(24)13-15-19)22(28)16-21(17-8-4-2-5-9-17)27(23(25)29)32(30,31)20-10-6-3-7-11-20/h2-15,21H,16H2,1H3,(H2,25,29)/t21-/m0/s1. The molecule has 3 aromatic rings. The molecule has 0 heterocycles. The van der Waals surface area contributed by atoms with Crippen molar-refractivity contribution in [3.05, 3.63) is 96.3 Å². The van der Waals surface area contributed by atoms with Gasteiger partial charge in [-0.2, -0.15) is 0 Å². The number of hydrogen-bond donors (Lipinski definition) is 1. The first-order valence-corrected chi connectivity index (χ1v) is 11.1. The second-order valence-corrected chi connectivity index (χ2v) is 8.83. The van der Waals surface area contributed by atoms with Crippen molar-refractivity contribution in [2.75, 3.05) is 11.9 Å². The number of nitrogens with zero attached hydrogens (tertiary/aromatic N) is 2. The molecule has 0 saturated heterocycles. The van der Waals surface area contributed by atoms with Crippen molar-refractivity contribution in [1.82, 2.24) is 4.31 Å². The van der Waals surface area contributed by atoms with E-state index in [1.165, 1.54) is 60.5 Å². The zero-order valence-corrected chi connectivity index (χ0v) is 18.1. The fourth-order valence-corrected chi connectivity index (χ4v) is 4.76. The van der Waals surface area contributed by atoms with Gasteiger partial charge in [-0.1, -0.05) is 48.5 Å². The monoisotopic (exact) mass is 455 g/mol. The summed E-state index contributed by atoms with van der Waals surface area (Å²) in [6, 6.07) is 18.6. The van der Waals surface area contributed by atoms with Crippen LogP contribution in [0.15, 0.2) is 89.8 Å². The number of primary amides is 1. The quantitative estimate of drug-likeness (QED) is 0.587. The molecule has 32 heavy (non-hydrogen) atoms. The Morgan fingerprint density at radius 2 is 1.44 bits per heavy atom. The average molecular weight is 456 g/mol. The van der Waals surface area contributed by atoms with Gasteiger partial charge in [-0.05, 0) is 42.0 Å². The number of nitrogens with two attached hydrogens (primary N) is 1. The van der Waals surface area contributed by atoms with Crippen LogP contribution >= 0.6 is 0 Å². The van der Waals surface area contributed by atoms with E-state index in [0.29, 0.717) is 15.6 Å². The second kappa shape index (κ2) is 9.61. The molecule has 0 aromatic heterocycles. The number of hydrogen-bond acceptors (Lipinski definition) is 4. The van der Waals surface area contributed by atoms with Gasteiger partial charge >= 0.3 is 6.03 Å². The van der Waals surface area contributed by atoms with Crippen molar-refractivity contribution in [1.29, 1.82) is 0 Å². The van der Waals surface area contributed by atoms with Crippen LogP contribution in [0.4, 0.5) is 14.9 Å². The fourth-order valence-electron chi connectivity index (χ4n) is 3.27. The number of carbonyl (C=O) groups excluding carboxylic acids is 2. The maximum absolute atomic E-state index is 13.3. The first-order chi connectivity index (χ1) is 15.2. The number of sulfonamides is 1. The van der Waals surface area contributed by atoms with Crippen molar-refractivity contribution in [2.24, 2.45) is 5.73 Å². The highest BCUT2D eigenvalue weighted by atomic mass is 32.2. The summed E-state index contributed by atoms with van der Waals surface area (Å²) in [7, 11) is -2.87. The Kier molecular flexibility index (Phi) is 6.89. The normalized spacial score (nSPS) is 12.1. The van der Waals surface area contributed by atoms with Crippen LogP contribution in [0.5, 0.6) is 0 Å². The topological polar surface area (TPSA) is 101 Å². The van der Waals surface area contributed by atoms with Gasteiger partial charge in [0.2, 0.25) is 5.91 Å². The zero-order valence-electron chi connectivity index (χ0n) is 17.3. The smallest absolute Gasteiger partial charge is 0.329 e. The maximum atomic E-state index is 13.3. The molecule has 2 N–H and O–H groups in total. The minimum absolute atomic E-state index is 0.126. The van der Waals surface area contributed by atoms with Crippen LogP contribution in [0.3, 0.4) is 0 Å². The summed E-state index contributed by atoms with van der Waals surface area (Å²) in [4.78, 5) is 26.6. The number of anilines is 1. The number of carbonyl (C=O) groups is 2. The molecule has 1 atom stereocenters. The van der Waals surface area contributed by atoms with Crippen LogP contribution in [0, 0.1) is 5.82 Å². The fraction of sp³-hybridized carbons (Fsp3) is 0.130. The largest absolute Gasteiger partial charge is 0.351 e. The van der Waals surface area contributed by atoms with E-state index < -0.39 is 33.8 Å². The lowest BCUT2D eigenvalue weighted by Crippen LogP contribution is -2.45. The molecule has 9 heteroatoms. The first-order valence-electron chi connectivity index (χ1n) is 9.68. The molecule has 166 valence electrons. The number of amides is 3. The lowest BCUT2D eigenvalue weighted by Gasteiger charge is -2.31. The SMILES string of the molecule is CN(C(=O)C[C@@H](c1ccccc1)N(C(N)=O)S(=O)(=O)c1ccccc1)c1ccc(F)cc1. The average Bonchev–Trinajstić information content (AvgIpc) is 2.79. The van der Waals surface area contributed by atoms with E-state index in [2.05, 4.69) is 0 Å². The second-order valence-electron chi connectivity index (χ2n) is 7.01. The molecule has 0 spiro atoms. The van der Waals surface area contributed by atoms with Crippen molar-refractivity contribution in [3.63, 3.8) is 0 Å². The molecular weight excluding hydrogens is 433 g/mol. The molecule has 0 aliphatic heterocycles. The van der Waals surface area contributed by atoms with E-state index in [9.17, 15) is 22.4 Å². The Bertz CT molecular complexity index is 1190. The molecule has 7 nitrogen and oxygen atoms in total. The summed E-state index contributed by atoms with van der Waals surface area (Å²) in [5.41, 5.74) is 6.36. The molecule has 3 aromatic carbocycles. The van der Waals surface area contributed by atoms with E-state index in [1.807, 2.05) is 0 Å². The van der Waals surface area contributed by atoms with Crippen LogP contribution < -0.4 is 10.6 Å². The Labute approximate surface area is 185 Å². The lowest BCUT2D eigenvalue weighted by atomic mass is 10.0. The highest BCUT2D eigenvalue weighted by Gasteiger charge is 2.37. The zero-order chi connectivity index (χ0) is 23.3. The van der Waals surface area contributed by atoms with E-state index in [4.69, 9.17) is 5.73 Å². The summed E-state index contributed by atoms with van der Waals surface area (Å²) >= 11 is 0. The molecule has 0 radical (unpaired) electrons. The van der Waals surface area contributed by atoms with Crippen LogP contribution in [0.2, 0.25) is 0 Å². The molecule has 0 aliphatic rings. The summed E-state index contributed by atoms with van der Waals surface area (Å²) in [6.07, 6.45) is -0.368. The van der Waals surface area contributed by atoms with E-state index in [0.717, 1.165) is 0 Å². The third-order valence-corrected chi connectivity index (χ3v) is 6.76. The van der Waals surface area contributed by atoms with Gasteiger partial charge in [-0.3, -0.25) is 4.79 Å². The minimum atomic E-state index is -4.35.